The summed E-state index contributed by atoms with van der Waals surface area (Å²) >= 11 is 0. The zero-order chi connectivity index (χ0) is 9.30. The van der Waals surface area contributed by atoms with E-state index >= 15 is 0 Å². The molecule has 0 heterocycles. The normalized spacial score (nSPS) is 29.2. The Morgan fingerprint density at radius 3 is 2.58 bits per heavy atom. The molecule has 0 aromatic carbocycles. The third-order valence-corrected chi connectivity index (χ3v) is 2.42. The quantitative estimate of drug-likeness (QED) is 0.596. The minimum atomic E-state index is -0.442. The molecular formula is C9H14N2O. The van der Waals surface area contributed by atoms with Crippen LogP contribution in [0.3, 0.4) is 0 Å². The summed E-state index contributed by atoms with van der Waals surface area (Å²) in [4.78, 5) is 10.9. The van der Waals surface area contributed by atoms with Gasteiger partial charge in [0.25, 0.3) is 0 Å². The molecular weight excluding hydrogens is 152 g/mol. The predicted molar refractivity (Wildman–Crippen MR) is 47.9 cm³/mol. The first kappa shape index (κ1) is 8.84. The Morgan fingerprint density at radius 1 is 1.50 bits per heavy atom. The third-order valence-electron chi connectivity index (χ3n) is 2.42. The van der Waals surface area contributed by atoms with E-state index in [-0.39, 0.29) is 5.92 Å². The molecule has 3 heteroatoms. The van der Waals surface area contributed by atoms with E-state index in [9.17, 15) is 4.79 Å². The lowest BCUT2D eigenvalue weighted by Gasteiger charge is -2.22. The van der Waals surface area contributed by atoms with Gasteiger partial charge in [-0.25, -0.2) is 0 Å². The summed E-state index contributed by atoms with van der Waals surface area (Å²) in [6.07, 6.45) is 3.67. The Morgan fingerprint density at radius 2 is 2.08 bits per heavy atom. The fourth-order valence-corrected chi connectivity index (χ4v) is 1.26. The lowest BCUT2D eigenvalue weighted by molar-refractivity contribution is -0.114. The van der Waals surface area contributed by atoms with Crippen LogP contribution in [0.15, 0.2) is 23.4 Å². The summed E-state index contributed by atoms with van der Waals surface area (Å²) in [5, 5.41) is 0. The molecule has 0 fully saturated rings. The maximum atomic E-state index is 10.9. The van der Waals surface area contributed by atoms with Crippen LogP contribution in [-0.4, -0.2) is 5.91 Å². The van der Waals surface area contributed by atoms with Crippen LogP contribution >= 0.6 is 0 Å². The van der Waals surface area contributed by atoms with Crippen molar-refractivity contribution in [1.82, 2.24) is 0 Å². The van der Waals surface area contributed by atoms with E-state index in [0.29, 0.717) is 17.2 Å². The van der Waals surface area contributed by atoms with Crippen molar-refractivity contribution in [2.24, 2.45) is 23.3 Å². The second-order valence-corrected chi connectivity index (χ2v) is 3.24. The van der Waals surface area contributed by atoms with Gasteiger partial charge in [0, 0.05) is 11.6 Å². The molecule has 0 aliphatic heterocycles. The van der Waals surface area contributed by atoms with E-state index in [2.05, 4.69) is 6.92 Å². The van der Waals surface area contributed by atoms with Crippen molar-refractivity contribution in [3.8, 4) is 0 Å². The highest BCUT2D eigenvalue weighted by Crippen LogP contribution is 2.25. The lowest BCUT2D eigenvalue weighted by atomic mass is 9.85. The number of carbonyl (C=O) groups excluding carboxylic acids is 1. The van der Waals surface area contributed by atoms with Gasteiger partial charge in [-0.1, -0.05) is 26.0 Å². The topological polar surface area (TPSA) is 69.1 Å². The molecule has 2 unspecified atom stereocenters. The molecule has 0 saturated heterocycles. The number of primary amides is 1. The van der Waals surface area contributed by atoms with Crippen molar-refractivity contribution in [2.75, 3.05) is 0 Å². The number of hydrogen-bond acceptors (Lipinski definition) is 2. The predicted octanol–water partition coefficient (Wildman–Crippen LogP) is 0.527. The highest BCUT2D eigenvalue weighted by atomic mass is 16.1. The first-order valence-electron chi connectivity index (χ1n) is 4.01. The SMILES string of the molecule is CC1C=CC(C(N)=O)=C(N)C1C. The largest absolute Gasteiger partial charge is 0.401 e. The zero-order valence-electron chi connectivity index (χ0n) is 7.37. The van der Waals surface area contributed by atoms with Crippen LogP contribution < -0.4 is 11.5 Å². The van der Waals surface area contributed by atoms with E-state index in [1.807, 2.05) is 13.0 Å². The first-order chi connectivity index (χ1) is 5.54. The van der Waals surface area contributed by atoms with Gasteiger partial charge in [-0.3, -0.25) is 4.79 Å². The van der Waals surface area contributed by atoms with Crippen molar-refractivity contribution in [3.05, 3.63) is 23.4 Å². The fraction of sp³-hybridized carbons (Fsp3) is 0.444. The van der Waals surface area contributed by atoms with Gasteiger partial charge in [-0.2, -0.15) is 0 Å². The van der Waals surface area contributed by atoms with E-state index in [4.69, 9.17) is 11.5 Å². The van der Waals surface area contributed by atoms with E-state index in [1.54, 1.807) is 6.08 Å². The number of allylic oxidation sites excluding steroid dienone is 2. The Hall–Kier alpha value is -1.25. The number of rotatable bonds is 1. The summed E-state index contributed by atoms with van der Waals surface area (Å²) < 4.78 is 0. The molecule has 3 nitrogen and oxygen atoms in total. The standard InChI is InChI=1S/C9H14N2O/c1-5-3-4-7(9(11)12)8(10)6(5)2/h3-6H,10H2,1-2H3,(H2,11,12). The molecule has 0 radical (unpaired) electrons. The van der Waals surface area contributed by atoms with Crippen LogP contribution in [0.1, 0.15) is 13.8 Å². The second-order valence-electron chi connectivity index (χ2n) is 3.24. The van der Waals surface area contributed by atoms with Gasteiger partial charge in [0.1, 0.15) is 0 Å². The minimum absolute atomic E-state index is 0.206. The second kappa shape index (κ2) is 3.01. The summed E-state index contributed by atoms with van der Waals surface area (Å²) in [7, 11) is 0. The van der Waals surface area contributed by atoms with Crippen LogP contribution in [0.2, 0.25) is 0 Å². The number of nitrogens with two attached hydrogens (primary N) is 2. The van der Waals surface area contributed by atoms with Crippen molar-refractivity contribution in [3.63, 3.8) is 0 Å². The van der Waals surface area contributed by atoms with Gasteiger partial charge < -0.3 is 11.5 Å². The number of amides is 1. The van der Waals surface area contributed by atoms with Crippen LogP contribution in [0.5, 0.6) is 0 Å². The Balaban J connectivity index is 3.02. The maximum absolute atomic E-state index is 10.9. The van der Waals surface area contributed by atoms with Crippen LogP contribution in [0, 0.1) is 11.8 Å². The van der Waals surface area contributed by atoms with Crippen LogP contribution in [0.4, 0.5) is 0 Å². The van der Waals surface area contributed by atoms with Crippen molar-refractivity contribution < 1.29 is 4.79 Å². The molecule has 0 bridgehead atoms. The van der Waals surface area contributed by atoms with E-state index < -0.39 is 5.91 Å². The summed E-state index contributed by atoms with van der Waals surface area (Å²) in [6.45, 7) is 4.05. The Labute approximate surface area is 72.1 Å². The molecule has 4 N–H and O–H groups in total. The molecule has 1 aliphatic carbocycles. The molecule has 1 rings (SSSR count). The molecule has 0 aromatic heterocycles. The van der Waals surface area contributed by atoms with Gasteiger partial charge in [0.15, 0.2) is 0 Å². The average molecular weight is 166 g/mol. The van der Waals surface area contributed by atoms with Gasteiger partial charge in [-0.15, -0.1) is 0 Å². The molecule has 66 valence electrons. The fourth-order valence-electron chi connectivity index (χ4n) is 1.26. The molecule has 0 aromatic rings. The molecule has 0 spiro atoms. The van der Waals surface area contributed by atoms with Crippen LogP contribution in [-0.2, 0) is 4.79 Å². The minimum Gasteiger partial charge on any atom is -0.401 e. The van der Waals surface area contributed by atoms with E-state index in [0.717, 1.165) is 0 Å². The lowest BCUT2D eigenvalue weighted by Crippen LogP contribution is -2.26. The van der Waals surface area contributed by atoms with E-state index in [1.165, 1.54) is 0 Å². The molecule has 2 atom stereocenters. The summed E-state index contributed by atoms with van der Waals surface area (Å²) in [6, 6.07) is 0. The maximum Gasteiger partial charge on any atom is 0.250 e. The van der Waals surface area contributed by atoms with Crippen molar-refractivity contribution in [2.45, 2.75) is 13.8 Å². The average Bonchev–Trinajstić information content (AvgIpc) is 2.00. The molecule has 12 heavy (non-hydrogen) atoms. The molecule has 1 amide bonds. The van der Waals surface area contributed by atoms with Crippen LogP contribution in [0.25, 0.3) is 0 Å². The number of hydrogen-bond donors (Lipinski definition) is 2. The monoisotopic (exact) mass is 166 g/mol. The van der Waals surface area contributed by atoms with Gasteiger partial charge in [-0.05, 0) is 5.92 Å². The highest BCUT2D eigenvalue weighted by Gasteiger charge is 2.21. The summed E-state index contributed by atoms with van der Waals surface area (Å²) in [5.41, 5.74) is 11.9. The molecule has 1 aliphatic rings. The smallest absolute Gasteiger partial charge is 0.250 e. The Kier molecular flexibility index (Phi) is 2.22. The third kappa shape index (κ3) is 1.35. The Bertz CT molecular complexity index is 266. The van der Waals surface area contributed by atoms with Crippen molar-refractivity contribution >= 4 is 5.91 Å². The highest BCUT2D eigenvalue weighted by molar-refractivity contribution is 5.95. The number of carbonyl (C=O) groups is 1. The summed E-state index contributed by atoms with van der Waals surface area (Å²) in [5.74, 6) is 0.146. The zero-order valence-corrected chi connectivity index (χ0v) is 7.37. The van der Waals surface area contributed by atoms with Gasteiger partial charge >= 0.3 is 0 Å². The van der Waals surface area contributed by atoms with Gasteiger partial charge in [0.2, 0.25) is 5.91 Å². The molecule has 0 saturated carbocycles. The first-order valence-corrected chi connectivity index (χ1v) is 4.01. The van der Waals surface area contributed by atoms with Gasteiger partial charge in [0.05, 0.1) is 5.57 Å². The van der Waals surface area contributed by atoms with Crippen molar-refractivity contribution in [1.29, 1.82) is 0 Å².